The summed E-state index contributed by atoms with van der Waals surface area (Å²) in [5, 5.41) is 0. The lowest BCUT2D eigenvalue weighted by Gasteiger charge is -2.34. The summed E-state index contributed by atoms with van der Waals surface area (Å²) < 4.78 is 33.1. The first-order chi connectivity index (χ1) is 8.86. The zero-order valence-electron chi connectivity index (χ0n) is 11.9. The number of methoxy groups -OCH3 is 1. The maximum atomic E-state index is 12.2. The predicted molar refractivity (Wildman–Crippen MR) is 72.7 cm³/mol. The highest BCUT2D eigenvalue weighted by molar-refractivity contribution is 7.87. The minimum atomic E-state index is -3.51. The van der Waals surface area contributed by atoms with E-state index in [9.17, 15) is 13.2 Å². The van der Waals surface area contributed by atoms with Gasteiger partial charge in [-0.2, -0.15) is 12.7 Å². The predicted octanol–water partition coefficient (Wildman–Crippen LogP) is 0.894. The molecule has 0 saturated carbocycles. The maximum Gasteiger partial charge on any atom is 0.307 e. The van der Waals surface area contributed by atoms with Gasteiger partial charge in [-0.1, -0.05) is 20.3 Å². The Labute approximate surface area is 115 Å². The Kier molecular flexibility index (Phi) is 6.22. The molecule has 6 nitrogen and oxygen atoms in total. The number of hydrogen-bond donors (Lipinski definition) is 1. The van der Waals surface area contributed by atoms with Crippen LogP contribution in [-0.4, -0.2) is 44.9 Å². The Balaban J connectivity index is 2.72. The normalized spacial score (nSPS) is 21.6. The number of esters is 1. The lowest BCUT2D eigenvalue weighted by atomic mass is 10.0. The van der Waals surface area contributed by atoms with Gasteiger partial charge in [-0.05, 0) is 18.8 Å². The van der Waals surface area contributed by atoms with Crippen molar-refractivity contribution in [1.82, 2.24) is 9.03 Å². The van der Waals surface area contributed by atoms with Crippen LogP contribution < -0.4 is 4.72 Å². The first kappa shape index (κ1) is 16.4. The van der Waals surface area contributed by atoms with Gasteiger partial charge in [-0.15, -0.1) is 0 Å². The highest BCUT2D eigenvalue weighted by atomic mass is 32.2. The molecule has 7 heteroatoms. The van der Waals surface area contributed by atoms with Gasteiger partial charge in [-0.25, -0.2) is 4.72 Å². The topological polar surface area (TPSA) is 75.7 Å². The summed E-state index contributed by atoms with van der Waals surface area (Å²) in [6, 6.07) is -0.286. The van der Waals surface area contributed by atoms with Gasteiger partial charge in [0, 0.05) is 19.1 Å². The summed E-state index contributed by atoms with van der Waals surface area (Å²) >= 11 is 0. The van der Waals surface area contributed by atoms with Crippen LogP contribution in [0.3, 0.4) is 0 Å². The molecule has 112 valence electrons. The van der Waals surface area contributed by atoms with Crippen LogP contribution in [0.1, 0.15) is 39.5 Å². The summed E-state index contributed by atoms with van der Waals surface area (Å²) in [6.45, 7) is 4.77. The van der Waals surface area contributed by atoms with E-state index in [1.165, 1.54) is 11.4 Å². The number of carbonyl (C=O) groups excluding carboxylic acids is 1. The minimum Gasteiger partial charge on any atom is -0.469 e. The molecule has 0 bridgehead atoms. The number of ether oxygens (including phenoxy) is 1. The van der Waals surface area contributed by atoms with E-state index in [2.05, 4.69) is 9.46 Å². The van der Waals surface area contributed by atoms with Crippen LogP contribution in [0.5, 0.6) is 0 Å². The van der Waals surface area contributed by atoms with Crippen molar-refractivity contribution in [2.45, 2.75) is 45.6 Å². The lowest BCUT2D eigenvalue weighted by molar-refractivity contribution is -0.141. The molecule has 1 saturated heterocycles. The Morgan fingerprint density at radius 2 is 2.11 bits per heavy atom. The molecule has 1 rings (SSSR count). The number of rotatable bonds is 6. The third kappa shape index (κ3) is 5.08. The molecule has 0 aromatic carbocycles. The van der Waals surface area contributed by atoms with Gasteiger partial charge in [0.15, 0.2) is 0 Å². The van der Waals surface area contributed by atoms with Crippen molar-refractivity contribution >= 4 is 16.2 Å². The fraction of sp³-hybridized carbons (Fsp3) is 0.917. The van der Waals surface area contributed by atoms with Crippen LogP contribution in [0.2, 0.25) is 0 Å². The second kappa shape index (κ2) is 7.21. The maximum absolute atomic E-state index is 12.2. The highest BCUT2D eigenvalue weighted by Gasteiger charge is 2.33. The molecular weight excluding hydrogens is 268 g/mol. The number of hydrogen-bond acceptors (Lipinski definition) is 4. The van der Waals surface area contributed by atoms with Crippen molar-refractivity contribution in [3.05, 3.63) is 0 Å². The smallest absolute Gasteiger partial charge is 0.307 e. The van der Waals surface area contributed by atoms with E-state index in [0.717, 1.165) is 12.8 Å². The number of nitrogens with zero attached hydrogens (tertiary/aromatic N) is 1. The Morgan fingerprint density at radius 1 is 1.42 bits per heavy atom. The van der Waals surface area contributed by atoms with Crippen molar-refractivity contribution in [3.8, 4) is 0 Å². The van der Waals surface area contributed by atoms with Crippen molar-refractivity contribution in [1.29, 1.82) is 0 Å². The van der Waals surface area contributed by atoms with Gasteiger partial charge >= 0.3 is 5.97 Å². The van der Waals surface area contributed by atoms with Crippen LogP contribution in [0.25, 0.3) is 0 Å². The van der Waals surface area contributed by atoms with Gasteiger partial charge in [0.2, 0.25) is 0 Å². The molecule has 1 heterocycles. The molecule has 0 spiro atoms. The van der Waals surface area contributed by atoms with Crippen molar-refractivity contribution in [2.24, 2.45) is 5.92 Å². The molecule has 0 aliphatic carbocycles. The highest BCUT2D eigenvalue weighted by Crippen LogP contribution is 2.22. The van der Waals surface area contributed by atoms with E-state index in [1.54, 1.807) is 0 Å². The molecule has 1 aliphatic rings. The first-order valence-electron chi connectivity index (χ1n) is 6.70. The molecule has 1 atom stereocenters. The third-order valence-corrected chi connectivity index (χ3v) is 4.82. The average molecular weight is 292 g/mol. The van der Waals surface area contributed by atoms with Crippen LogP contribution >= 0.6 is 0 Å². The molecule has 1 unspecified atom stereocenters. The fourth-order valence-corrected chi connectivity index (χ4v) is 3.78. The zero-order valence-corrected chi connectivity index (χ0v) is 12.7. The summed E-state index contributed by atoms with van der Waals surface area (Å²) in [5.41, 5.74) is 0. The van der Waals surface area contributed by atoms with Crippen LogP contribution in [0.15, 0.2) is 0 Å². The quantitative estimate of drug-likeness (QED) is 0.738. The lowest BCUT2D eigenvalue weighted by Crippen LogP contribution is -2.50. The molecule has 19 heavy (non-hydrogen) atoms. The average Bonchev–Trinajstić information content (AvgIpc) is 2.37. The summed E-state index contributed by atoms with van der Waals surface area (Å²) in [6.07, 6.45) is 2.61. The molecule has 1 aliphatic heterocycles. The van der Waals surface area contributed by atoms with Crippen molar-refractivity contribution in [2.75, 3.05) is 20.2 Å². The second-order valence-corrected chi connectivity index (χ2v) is 7.00. The standard InChI is InChI=1S/C12H24N2O4S/c1-10(2)9-13-19(16,17)14-7-5-4-6-11(14)8-12(15)18-3/h10-11,13H,4-9H2,1-3H3. The van der Waals surface area contributed by atoms with Gasteiger partial charge < -0.3 is 4.74 Å². The minimum absolute atomic E-state index is 0.124. The first-order valence-corrected chi connectivity index (χ1v) is 8.14. The Bertz CT molecular complexity index is 395. The molecule has 1 N–H and O–H groups in total. The van der Waals surface area contributed by atoms with Crippen LogP contribution in [0, 0.1) is 5.92 Å². The Morgan fingerprint density at radius 3 is 2.68 bits per heavy atom. The fourth-order valence-electron chi connectivity index (χ4n) is 2.13. The van der Waals surface area contributed by atoms with E-state index in [1.807, 2.05) is 13.8 Å². The third-order valence-electron chi connectivity index (χ3n) is 3.19. The van der Waals surface area contributed by atoms with Crippen LogP contribution in [0.4, 0.5) is 0 Å². The van der Waals surface area contributed by atoms with Gasteiger partial charge in [-0.3, -0.25) is 4.79 Å². The van der Waals surface area contributed by atoms with Crippen LogP contribution in [-0.2, 0) is 19.7 Å². The molecule has 0 aromatic heterocycles. The number of nitrogens with one attached hydrogen (secondary N) is 1. The van der Waals surface area contributed by atoms with E-state index >= 15 is 0 Å². The molecular formula is C12H24N2O4S. The van der Waals surface area contributed by atoms with Gasteiger partial charge in [0.25, 0.3) is 10.2 Å². The number of carbonyl (C=O) groups is 1. The molecule has 0 aromatic rings. The number of piperidine rings is 1. The van der Waals surface area contributed by atoms with Crippen molar-refractivity contribution in [3.63, 3.8) is 0 Å². The van der Waals surface area contributed by atoms with Gasteiger partial charge in [0.1, 0.15) is 0 Å². The van der Waals surface area contributed by atoms with E-state index in [4.69, 9.17) is 0 Å². The SMILES string of the molecule is COC(=O)CC1CCCCN1S(=O)(=O)NCC(C)C. The van der Waals surface area contributed by atoms with E-state index in [-0.39, 0.29) is 24.3 Å². The molecule has 0 radical (unpaired) electrons. The van der Waals surface area contributed by atoms with E-state index in [0.29, 0.717) is 19.5 Å². The molecule has 0 amide bonds. The van der Waals surface area contributed by atoms with Crippen molar-refractivity contribution < 1.29 is 17.9 Å². The molecule has 1 fully saturated rings. The largest absolute Gasteiger partial charge is 0.469 e. The second-order valence-electron chi connectivity index (χ2n) is 5.29. The van der Waals surface area contributed by atoms with Gasteiger partial charge in [0.05, 0.1) is 13.5 Å². The monoisotopic (exact) mass is 292 g/mol. The Hall–Kier alpha value is -0.660. The van der Waals surface area contributed by atoms with E-state index < -0.39 is 10.2 Å². The summed E-state index contributed by atoms with van der Waals surface area (Å²) in [7, 11) is -2.19. The zero-order chi connectivity index (χ0) is 14.5. The summed E-state index contributed by atoms with van der Waals surface area (Å²) in [5.74, 6) is -0.116. The summed E-state index contributed by atoms with van der Waals surface area (Å²) in [4.78, 5) is 11.4.